The summed E-state index contributed by atoms with van der Waals surface area (Å²) in [5.41, 5.74) is 1.76. The van der Waals surface area contributed by atoms with Crippen LogP contribution in [0.2, 0.25) is 10.0 Å². The summed E-state index contributed by atoms with van der Waals surface area (Å²) in [6.45, 7) is 0. The average Bonchev–Trinajstić information content (AvgIpc) is 3.18. The van der Waals surface area contributed by atoms with E-state index in [-0.39, 0.29) is 16.4 Å². The molecule has 4 rings (SSSR count). The number of rotatable bonds is 3. The first-order valence-electron chi connectivity index (χ1n) is 7.62. The summed E-state index contributed by atoms with van der Waals surface area (Å²) in [5, 5.41) is 5.04. The van der Waals surface area contributed by atoms with E-state index >= 15 is 0 Å². The fourth-order valence-corrected chi connectivity index (χ4v) is 4.05. The van der Waals surface area contributed by atoms with Gasteiger partial charge in [-0.3, -0.25) is 0 Å². The molecule has 0 aliphatic rings. The van der Waals surface area contributed by atoms with Gasteiger partial charge < -0.3 is 0 Å². The molecule has 0 saturated heterocycles. The SMILES string of the molecule is Cn1nc(-c2c(F)cccc2Cl)nc1-c1snc(-c2ccccc2)c1Cl. The molecule has 4 nitrogen and oxygen atoms in total. The number of halogens is 3. The largest absolute Gasteiger partial charge is 0.248 e. The van der Waals surface area contributed by atoms with Crippen molar-refractivity contribution in [1.82, 2.24) is 19.1 Å². The third kappa shape index (κ3) is 2.90. The molecule has 4 aromatic rings. The summed E-state index contributed by atoms with van der Waals surface area (Å²) in [4.78, 5) is 5.12. The van der Waals surface area contributed by atoms with Gasteiger partial charge in [0.1, 0.15) is 16.4 Å². The quantitative estimate of drug-likeness (QED) is 0.438. The topological polar surface area (TPSA) is 43.6 Å². The van der Waals surface area contributed by atoms with Gasteiger partial charge >= 0.3 is 0 Å². The van der Waals surface area contributed by atoms with E-state index in [1.807, 2.05) is 30.3 Å². The van der Waals surface area contributed by atoms with E-state index in [0.717, 1.165) is 5.56 Å². The Morgan fingerprint density at radius 2 is 1.81 bits per heavy atom. The lowest BCUT2D eigenvalue weighted by atomic mass is 10.1. The first kappa shape index (κ1) is 17.1. The highest BCUT2D eigenvalue weighted by Crippen LogP contribution is 2.39. The van der Waals surface area contributed by atoms with Crippen LogP contribution in [0.15, 0.2) is 48.5 Å². The van der Waals surface area contributed by atoms with Crippen molar-refractivity contribution in [2.75, 3.05) is 0 Å². The molecule has 26 heavy (non-hydrogen) atoms. The molecule has 130 valence electrons. The van der Waals surface area contributed by atoms with Crippen LogP contribution in [0, 0.1) is 5.82 Å². The zero-order chi connectivity index (χ0) is 18.3. The Balaban J connectivity index is 1.81. The minimum absolute atomic E-state index is 0.167. The second-order valence-electron chi connectivity index (χ2n) is 5.52. The normalized spacial score (nSPS) is 11.1. The first-order valence-corrected chi connectivity index (χ1v) is 9.15. The summed E-state index contributed by atoms with van der Waals surface area (Å²) >= 11 is 13.9. The smallest absolute Gasteiger partial charge is 0.186 e. The van der Waals surface area contributed by atoms with Gasteiger partial charge in [-0.2, -0.15) is 9.47 Å². The van der Waals surface area contributed by atoms with E-state index in [1.54, 1.807) is 17.8 Å². The fourth-order valence-electron chi connectivity index (χ4n) is 2.59. The molecule has 0 unspecified atom stereocenters. The molecule has 2 aromatic heterocycles. The third-order valence-electron chi connectivity index (χ3n) is 3.84. The van der Waals surface area contributed by atoms with Crippen LogP contribution in [0.5, 0.6) is 0 Å². The van der Waals surface area contributed by atoms with Crippen molar-refractivity contribution in [2.45, 2.75) is 0 Å². The third-order valence-corrected chi connectivity index (χ3v) is 5.47. The van der Waals surface area contributed by atoms with Gasteiger partial charge in [0.2, 0.25) is 0 Å². The molecule has 8 heteroatoms. The molecule has 0 aliphatic carbocycles. The monoisotopic (exact) mass is 404 g/mol. The molecular weight excluding hydrogens is 394 g/mol. The van der Waals surface area contributed by atoms with Crippen molar-refractivity contribution >= 4 is 34.7 Å². The number of hydrogen-bond donors (Lipinski definition) is 0. The van der Waals surface area contributed by atoms with Crippen LogP contribution >= 0.6 is 34.7 Å². The van der Waals surface area contributed by atoms with Crippen molar-refractivity contribution in [1.29, 1.82) is 0 Å². The summed E-state index contributed by atoms with van der Waals surface area (Å²) in [6, 6.07) is 14.1. The highest BCUT2D eigenvalue weighted by molar-refractivity contribution is 7.10. The Kier molecular flexibility index (Phi) is 4.48. The van der Waals surface area contributed by atoms with E-state index in [0.29, 0.717) is 21.4 Å². The first-order chi connectivity index (χ1) is 12.6. The predicted octanol–water partition coefficient (Wildman–Crippen LogP) is 5.72. The number of nitrogens with zero attached hydrogens (tertiary/aromatic N) is 4. The Hall–Kier alpha value is -2.28. The lowest BCUT2D eigenvalue weighted by molar-refractivity contribution is 0.629. The van der Waals surface area contributed by atoms with Gasteiger partial charge in [0.05, 0.1) is 15.6 Å². The van der Waals surface area contributed by atoms with Gasteiger partial charge in [-0.05, 0) is 23.7 Å². The minimum atomic E-state index is -0.477. The van der Waals surface area contributed by atoms with E-state index in [4.69, 9.17) is 23.2 Å². The van der Waals surface area contributed by atoms with Crippen molar-refractivity contribution < 1.29 is 4.39 Å². The van der Waals surface area contributed by atoms with Crippen LogP contribution < -0.4 is 0 Å². The second-order valence-corrected chi connectivity index (χ2v) is 7.08. The zero-order valence-electron chi connectivity index (χ0n) is 13.4. The van der Waals surface area contributed by atoms with Crippen molar-refractivity contribution in [3.05, 3.63) is 64.4 Å². The molecule has 0 N–H and O–H groups in total. The molecule has 0 atom stereocenters. The average molecular weight is 405 g/mol. The Morgan fingerprint density at radius 1 is 1.04 bits per heavy atom. The summed E-state index contributed by atoms with van der Waals surface area (Å²) in [5.74, 6) is 0.232. The molecule has 0 radical (unpaired) electrons. The number of hydrogen-bond acceptors (Lipinski definition) is 4. The summed E-state index contributed by atoms with van der Waals surface area (Å²) in [6.07, 6.45) is 0. The van der Waals surface area contributed by atoms with Gasteiger partial charge in [-0.1, -0.05) is 59.6 Å². The Labute approximate surface area is 163 Å². The lowest BCUT2D eigenvalue weighted by Crippen LogP contribution is -1.94. The van der Waals surface area contributed by atoms with Gasteiger partial charge in [-0.25, -0.2) is 14.1 Å². The van der Waals surface area contributed by atoms with Crippen molar-refractivity contribution in [2.24, 2.45) is 7.05 Å². The van der Waals surface area contributed by atoms with Crippen LogP contribution in [-0.4, -0.2) is 19.1 Å². The highest BCUT2D eigenvalue weighted by Gasteiger charge is 2.22. The minimum Gasteiger partial charge on any atom is -0.248 e. The summed E-state index contributed by atoms with van der Waals surface area (Å²) < 4.78 is 20.2. The highest BCUT2D eigenvalue weighted by atomic mass is 35.5. The van der Waals surface area contributed by atoms with Crippen molar-refractivity contribution in [3.8, 4) is 33.3 Å². The maximum absolute atomic E-state index is 14.2. The summed E-state index contributed by atoms with van der Waals surface area (Å²) in [7, 11) is 1.72. The van der Waals surface area contributed by atoms with Crippen molar-refractivity contribution in [3.63, 3.8) is 0 Å². The lowest BCUT2D eigenvalue weighted by Gasteiger charge is -2.00. The Bertz CT molecular complexity index is 1070. The van der Waals surface area contributed by atoms with Crippen LogP contribution in [0.3, 0.4) is 0 Å². The molecule has 0 aliphatic heterocycles. The molecule has 0 bridgehead atoms. The van der Waals surface area contributed by atoms with Crippen LogP contribution in [0.25, 0.3) is 33.3 Å². The molecular formula is C18H11Cl2FN4S. The maximum Gasteiger partial charge on any atom is 0.186 e. The van der Waals surface area contributed by atoms with Crippen LogP contribution in [-0.2, 0) is 7.05 Å². The van der Waals surface area contributed by atoms with Gasteiger partial charge in [0, 0.05) is 12.6 Å². The molecule has 0 amide bonds. The molecule has 0 saturated carbocycles. The molecule has 0 fully saturated rings. The maximum atomic E-state index is 14.2. The molecule has 2 heterocycles. The standard InChI is InChI=1S/C18H11Cl2FN4S/c1-25-18(22-17(23-25)13-11(19)8-5-9-12(13)21)16-14(20)15(24-26-16)10-6-3-2-4-7-10/h2-9H,1H3. The number of benzene rings is 2. The van der Waals surface area contributed by atoms with Crippen LogP contribution in [0.4, 0.5) is 4.39 Å². The van der Waals surface area contributed by atoms with E-state index in [1.165, 1.54) is 23.7 Å². The van der Waals surface area contributed by atoms with Gasteiger partial charge in [0.15, 0.2) is 11.6 Å². The zero-order valence-corrected chi connectivity index (χ0v) is 15.8. The van der Waals surface area contributed by atoms with E-state index in [2.05, 4.69) is 14.5 Å². The fraction of sp³-hybridized carbons (Fsp3) is 0.0556. The van der Waals surface area contributed by atoms with Gasteiger partial charge in [0.25, 0.3) is 0 Å². The number of aromatic nitrogens is 4. The molecule has 0 spiro atoms. The van der Waals surface area contributed by atoms with Gasteiger partial charge in [-0.15, -0.1) is 0 Å². The number of aryl methyl sites for hydroxylation is 1. The van der Waals surface area contributed by atoms with E-state index < -0.39 is 5.82 Å². The van der Waals surface area contributed by atoms with Crippen LogP contribution in [0.1, 0.15) is 0 Å². The predicted molar refractivity (Wildman–Crippen MR) is 103 cm³/mol. The second kappa shape index (κ2) is 6.79. The van der Waals surface area contributed by atoms with E-state index in [9.17, 15) is 4.39 Å². The Morgan fingerprint density at radius 3 is 2.54 bits per heavy atom. The molecule has 2 aromatic carbocycles.